The number of unbranched alkanes of at least 4 members (excludes halogenated alkanes) is 34. The first-order valence-corrected chi connectivity index (χ1v) is 25.8. The first-order chi connectivity index (χ1) is 28.5. The average molecular weight is 816 g/mol. The SMILES string of the molecule is CCCCCCCCCCC/C=C\C/C=C\CCCCCCCCCCCC(O)CC(=O)NC(CO)C(O)/C=C/CCCCCCCCCCCCCCCCCC. The van der Waals surface area contributed by atoms with Crippen LogP contribution in [0, 0.1) is 0 Å². The van der Waals surface area contributed by atoms with Crippen molar-refractivity contribution in [3.8, 4) is 0 Å². The number of amides is 1. The lowest BCUT2D eigenvalue weighted by atomic mass is 10.0. The monoisotopic (exact) mass is 816 g/mol. The lowest BCUT2D eigenvalue weighted by Crippen LogP contribution is -2.45. The Hall–Kier alpha value is -1.43. The number of carbonyl (C=O) groups excluding carboxylic acids is 1. The summed E-state index contributed by atoms with van der Waals surface area (Å²) in [6, 6.07) is -0.746. The zero-order valence-electron chi connectivity index (χ0n) is 38.9. The van der Waals surface area contributed by atoms with Crippen LogP contribution in [-0.4, -0.2) is 46.1 Å². The van der Waals surface area contributed by atoms with Gasteiger partial charge in [0.15, 0.2) is 0 Å². The Bertz CT molecular complexity index is 901. The highest BCUT2D eigenvalue weighted by molar-refractivity contribution is 5.76. The van der Waals surface area contributed by atoms with Crippen LogP contribution >= 0.6 is 0 Å². The number of hydrogen-bond acceptors (Lipinski definition) is 4. The van der Waals surface area contributed by atoms with Crippen LogP contribution in [0.15, 0.2) is 36.5 Å². The van der Waals surface area contributed by atoms with Crippen LogP contribution < -0.4 is 5.32 Å². The quantitative estimate of drug-likeness (QED) is 0.0364. The summed E-state index contributed by atoms with van der Waals surface area (Å²) in [5, 5.41) is 33.4. The van der Waals surface area contributed by atoms with Gasteiger partial charge in [0.05, 0.1) is 31.3 Å². The Morgan fingerprint density at radius 3 is 1.14 bits per heavy atom. The van der Waals surface area contributed by atoms with E-state index in [0.29, 0.717) is 6.42 Å². The molecule has 0 rings (SSSR count). The fraction of sp³-hybridized carbons (Fsp3) is 0.868. The third kappa shape index (κ3) is 44.1. The summed E-state index contributed by atoms with van der Waals surface area (Å²) < 4.78 is 0. The molecule has 0 spiro atoms. The number of hydrogen-bond donors (Lipinski definition) is 4. The van der Waals surface area contributed by atoms with Crippen molar-refractivity contribution < 1.29 is 20.1 Å². The molecule has 3 unspecified atom stereocenters. The molecule has 0 aromatic rings. The van der Waals surface area contributed by atoms with Crippen molar-refractivity contribution in [3.05, 3.63) is 36.5 Å². The molecule has 58 heavy (non-hydrogen) atoms. The molecule has 0 aliphatic heterocycles. The number of carbonyl (C=O) groups is 1. The summed E-state index contributed by atoms with van der Waals surface area (Å²) in [7, 11) is 0. The molecule has 4 N–H and O–H groups in total. The molecule has 0 saturated carbocycles. The summed E-state index contributed by atoms with van der Waals surface area (Å²) in [5.41, 5.74) is 0. The summed E-state index contributed by atoms with van der Waals surface area (Å²) in [6.07, 6.45) is 61.6. The largest absolute Gasteiger partial charge is 0.394 e. The maximum absolute atomic E-state index is 12.5. The standard InChI is InChI=1S/C53H101NO4/c1-3-5-7-9-11-13-15-17-19-21-23-24-25-26-27-28-29-30-32-34-36-38-40-42-44-46-50(56)48-53(58)54-51(49-55)52(57)47-45-43-41-39-37-35-33-31-22-20-18-16-14-12-10-8-6-4-2/h23-24,26-27,45,47,50-52,55-57H,3-22,25,28-44,46,48-49H2,1-2H3,(H,54,58)/b24-23-,27-26-,47-45+. The zero-order chi connectivity index (χ0) is 42.3. The lowest BCUT2D eigenvalue weighted by Gasteiger charge is -2.21. The van der Waals surface area contributed by atoms with Crippen LogP contribution in [0.4, 0.5) is 0 Å². The molecular formula is C53H101NO4. The molecule has 0 saturated heterocycles. The average Bonchev–Trinajstić information content (AvgIpc) is 3.22. The molecule has 0 fully saturated rings. The molecule has 0 aromatic carbocycles. The van der Waals surface area contributed by atoms with Crippen molar-refractivity contribution in [1.29, 1.82) is 0 Å². The molecule has 0 aliphatic carbocycles. The minimum Gasteiger partial charge on any atom is -0.394 e. The number of nitrogens with one attached hydrogen (secondary N) is 1. The van der Waals surface area contributed by atoms with Crippen molar-refractivity contribution in [3.63, 3.8) is 0 Å². The van der Waals surface area contributed by atoms with Crippen molar-refractivity contribution in [2.75, 3.05) is 6.61 Å². The van der Waals surface area contributed by atoms with E-state index < -0.39 is 18.2 Å². The van der Waals surface area contributed by atoms with Crippen LogP contribution in [0.5, 0.6) is 0 Å². The van der Waals surface area contributed by atoms with Crippen LogP contribution in [0.3, 0.4) is 0 Å². The van der Waals surface area contributed by atoms with E-state index in [-0.39, 0.29) is 18.9 Å². The Kier molecular flexibility index (Phi) is 47.0. The number of aliphatic hydroxyl groups is 3. The molecule has 0 aliphatic rings. The van der Waals surface area contributed by atoms with Gasteiger partial charge in [-0.3, -0.25) is 4.79 Å². The second-order valence-electron chi connectivity index (χ2n) is 17.8. The van der Waals surface area contributed by atoms with E-state index in [1.807, 2.05) is 6.08 Å². The van der Waals surface area contributed by atoms with E-state index >= 15 is 0 Å². The first-order valence-electron chi connectivity index (χ1n) is 25.8. The summed E-state index contributed by atoms with van der Waals surface area (Å²) in [6.45, 7) is 4.23. The van der Waals surface area contributed by atoms with Gasteiger partial charge in [-0.05, 0) is 51.4 Å². The topological polar surface area (TPSA) is 89.8 Å². The van der Waals surface area contributed by atoms with E-state index in [2.05, 4.69) is 43.5 Å². The number of aliphatic hydroxyl groups excluding tert-OH is 3. The smallest absolute Gasteiger partial charge is 0.222 e. The highest BCUT2D eigenvalue weighted by Gasteiger charge is 2.20. The Morgan fingerprint density at radius 2 is 0.776 bits per heavy atom. The molecule has 342 valence electrons. The molecule has 3 atom stereocenters. The van der Waals surface area contributed by atoms with Gasteiger partial charge in [-0.1, -0.05) is 249 Å². The van der Waals surface area contributed by atoms with Gasteiger partial charge in [-0.2, -0.15) is 0 Å². The third-order valence-corrected chi connectivity index (χ3v) is 11.9. The summed E-state index contributed by atoms with van der Waals surface area (Å²) in [5.74, 6) is -0.316. The lowest BCUT2D eigenvalue weighted by molar-refractivity contribution is -0.124. The van der Waals surface area contributed by atoms with Gasteiger partial charge in [0, 0.05) is 0 Å². The van der Waals surface area contributed by atoms with Crippen molar-refractivity contribution in [2.24, 2.45) is 0 Å². The third-order valence-electron chi connectivity index (χ3n) is 11.9. The van der Waals surface area contributed by atoms with E-state index in [1.165, 1.54) is 212 Å². The highest BCUT2D eigenvalue weighted by Crippen LogP contribution is 2.16. The van der Waals surface area contributed by atoms with Crippen LogP contribution in [0.2, 0.25) is 0 Å². The van der Waals surface area contributed by atoms with Gasteiger partial charge in [0.2, 0.25) is 5.91 Å². The molecule has 0 heterocycles. The molecular weight excluding hydrogens is 715 g/mol. The van der Waals surface area contributed by atoms with Crippen LogP contribution in [0.1, 0.15) is 271 Å². The summed E-state index contributed by atoms with van der Waals surface area (Å²) >= 11 is 0. The maximum Gasteiger partial charge on any atom is 0.222 e. The minimum atomic E-state index is -0.930. The van der Waals surface area contributed by atoms with E-state index in [0.717, 1.165) is 32.1 Å². The molecule has 5 heteroatoms. The van der Waals surface area contributed by atoms with E-state index in [4.69, 9.17) is 0 Å². The maximum atomic E-state index is 12.5. The van der Waals surface area contributed by atoms with E-state index in [9.17, 15) is 20.1 Å². The molecule has 0 radical (unpaired) electrons. The summed E-state index contributed by atoms with van der Waals surface area (Å²) in [4.78, 5) is 12.5. The van der Waals surface area contributed by atoms with Crippen molar-refractivity contribution in [2.45, 2.75) is 289 Å². The Labute approximate surface area is 362 Å². The van der Waals surface area contributed by atoms with Crippen molar-refractivity contribution >= 4 is 5.91 Å². The Balaban J connectivity index is 3.61. The van der Waals surface area contributed by atoms with Gasteiger partial charge < -0.3 is 20.6 Å². The van der Waals surface area contributed by atoms with Gasteiger partial charge in [0.1, 0.15) is 0 Å². The number of rotatable bonds is 47. The highest BCUT2D eigenvalue weighted by atomic mass is 16.3. The minimum absolute atomic E-state index is 0.0113. The van der Waals surface area contributed by atoms with Gasteiger partial charge in [0.25, 0.3) is 0 Å². The zero-order valence-corrected chi connectivity index (χ0v) is 38.9. The Morgan fingerprint density at radius 1 is 0.448 bits per heavy atom. The molecule has 1 amide bonds. The molecule has 0 aromatic heterocycles. The molecule has 0 bridgehead atoms. The first kappa shape index (κ1) is 56.6. The second-order valence-corrected chi connectivity index (χ2v) is 17.8. The van der Waals surface area contributed by atoms with E-state index in [1.54, 1.807) is 6.08 Å². The number of allylic oxidation sites excluding steroid dienone is 5. The van der Waals surface area contributed by atoms with Crippen LogP contribution in [0.25, 0.3) is 0 Å². The van der Waals surface area contributed by atoms with Crippen LogP contribution in [-0.2, 0) is 4.79 Å². The normalized spacial score (nSPS) is 13.7. The predicted molar refractivity (Wildman–Crippen MR) is 254 cm³/mol. The predicted octanol–water partition coefficient (Wildman–Crippen LogP) is 15.5. The second kappa shape index (κ2) is 48.2. The fourth-order valence-corrected chi connectivity index (χ4v) is 7.96. The van der Waals surface area contributed by atoms with Gasteiger partial charge >= 0.3 is 0 Å². The molecule has 5 nitrogen and oxygen atoms in total. The van der Waals surface area contributed by atoms with Crippen molar-refractivity contribution in [1.82, 2.24) is 5.32 Å². The fourth-order valence-electron chi connectivity index (χ4n) is 7.96. The van der Waals surface area contributed by atoms with Gasteiger partial charge in [-0.25, -0.2) is 0 Å². The van der Waals surface area contributed by atoms with Gasteiger partial charge in [-0.15, -0.1) is 0 Å².